The van der Waals surface area contributed by atoms with Crippen LogP contribution >= 0.6 is 11.6 Å². The fraction of sp³-hybridized carbons (Fsp3) is 0.143. The van der Waals surface area contributed by atoms with Crippen LogP contribution in [0.3, 0.4) is 0 Å². The molecule has 5 nitrogen and oxygen atoms in total. The van der Waals surface area contributed by atoms with E-state index in [1.165, 1.54) is 0 Å². The number of aromatic nitrogens is 1. The molecule has 0 radical (unpaired) electrons. The SMILES string of the molecule is COc1ccc(CN=C(N)Nc2ccc(Cl)nc2)cc1. The molecule has 0 saturated heterocycles. The van der Waals surface area contributed by atoms with Gasteiger partial charge in [0.25, 0.3) is 0 Å². The van der Waals surface area contributed by atoms with Gasteiger partial charge in [-0.3, -0.25) is 0 Å². The van der Waals surface area contributed by atoms with Crippen molar-refractivity contribution in [2.24, 2.45) is 10.7 Å². The van der Waals surface area contributed by atoms with E-state index in [0.29, 0.717) is 17.7 Å². The summed E-state index contributed by atoms with van der Waals surface area (Å²) in [5.74, 6) is 1.14. The van der Waals surface area contributed by atoms with E-state index in [2.05, 4.69) is 15.3 Å². The highest BCUT2D eigenvalue weighted by molar-refractivity contribution is 6.29. The zero-order valence-corrected chi connectivity index (χ0v) is 11.8. The minimum Gasteiger partial charge on any atom is -0.497 e. The molecule has 3 N–H and O–H groups in total. The molecule has 0 amide bonds. The molecule has 0 aliphatic heterocycles. The number of pyridine rings is 1. The number of aliphatic imine (C=N–C) groups is 1. The Morgan fingerprint density at radius 2 is 2.05 bits per heavy atom. The van der Waals surface area contributed by atoms with Crippen molar-refractivity contribution >= 4 is 23.2 Å². The summed E-state index contributed by atoms with van der Waals surface area (Å²) in [6, 6.07) is 11.1. The zero-order chi connectivity index (χ0) is 14.4. The third-order valence-electron chi connectivity index (χ3n) is 2.59. The van der Waals surface area contributed by atoms with Crippen LogP contribution in [0.5, 0.6) is 5.75 Å². The molecule has 1 aromatic heterocycles. The molecule has 0 aliphatic carbocycles. The minimum atomic E-state index is 0.324. The highest BCUT2D eigenvalue weighted by Gasteiger charge is 1.97. The number of ether oxygens (including phenoxy) is 1. The number of anilines is 1. The van der Waals surface area contributed by atoms with Crippen molar-refractivity contribution in [3.8, 4) is 5.75 Å². The van der Waals surface area contributed by atoms with E-state index >= 15 is 0 Å². The standard InChI is InChI=1S/C14H15ClN4O/c1-20-12-5-2-10(3-6-12)8-18-14(16)19-11-4-7-13(15)17-9-11/h2-7,9H,8H2,1H3,(H3,16,18,19). The van der Waals surface area contributed by atoms with Gasteiger partial charge >= 0.3 is 0 Å². The number of nitrogens with two attached hydrogens (primary N) is 1. The lowest BCUT2D eigenvalue weighted by molar-refractivity contribution is 0.414. The maximum Gasteiger partial charge on any atom is 0.193 e. The largest absolute Gasteiger partial charge is 0.497 e. The van der Waals surface area contributed by atoms with Crippen molar-refractivity contribution in [3.05, 3.63) is 53.3 Å². The number of rotatable bonds is 4. The second-order valence-corrected chi connectivity index (χ2v) is 4.43. The second kappa shape index (κ2) is 6.77. The van der Waals surface area contributed by atoms with Gasteiger partial charge in [0.05, 0.1) is 25.5 Å². The zero-order valence-electron chi connectivity index (χ0n) is 11.0. The summed E-state index contributed by atoms with van der Waals surface area (Å²) in [7, 11) is 1.63. The molecule has 0 fully saturated rings. The van der Waals surface area contributed by atoms with Gasteiger partial charge in [-0.15, -0.1) is 0 Å². The first-order valence-electron chi connectivity index (χ1n) is 5.99. The van der Waals surface area contributed by atoms with Crippen molar-refractivity contribution in [3.63, 3.8) is 0 Å². The molecule has 0 atom stereocenters. The Balaban J connectivity index is 1.94. The van der Waals surface area contributed by atoms with Crippen LogP contribution in [-0.2, 0) is 6.54 Å². The van der Waals surface area contributed by atoms with Crippen LogP contribution in [0.2, 0.25) is 5.15 Å². The van der Waals surface area contributed by atoms with E-state index in [9.17, 15) is 0 Å². The molecule has 20 heavy (non-hydrogen) atoms. The maximum atomic E-state index is 5.80. The number of nitrogens with one attached hydrogen (secondary N) is 1. The van der Waals surface area contributed by atoms with E-state index in [4.69, 9.17) is 22.1 Å². The Hall–Kier alpha value is -2.27. The number of methoxy groups -OCH3 is 1. The van der Waals surface area contributed by atoms with Crippen LogP contribution in [0.25, 0.3) is 0 Å². The summed E-state index contributed by atoms with van der Waals surface area (Å²) in [5.41, 5.74) is 7.59. The molecule has 0 aliphatic rings. The lowest BCUT2D eigenvalue weighted by Gasteiger charge is -2.05. The summed E-state index contributed by atoms with van der Waals surface area (Å²) >= 11 is 5.70. The van der Waals surface area contributed by atoms with Gasteiger partial charge in [0, 0.05) is 0 Å². The predicted octanol–water partition coefficient (Wildman–Crippen LogP) is 2.67. The third-order valence-corrected chi connectivity index (χ3v) is 2.81. The fourth-order valence-electron chi connectivity index (χ4n) is 1.54. The number of hydrogen-bond acceptors (Lipinski definition) is 3. The molecular formula is C14H15ClN4O. The van der Waals surface area contributed by atoms with Gasteiger partial charge in [-0.2, -0.15) is 0 Å². The minimum absolute atomic E-state index is 0.324. The number of benzene rings is 1. The van der Waals surface area contributed by atoms with Crippen LogP contribution in [0.15, 0.2) is 47.6 Å². The Bertz CT molecular complexity index is 581. The van der Waals surface area contributed by atoms with Crippen molar-refractivity contribution < 1.29 is 4.74 Å². The first-order chi connectivity index (χ1) is 9.67. The predicted molar refractivity (Wildman–Crippen MR) is 81.2 cm³/mol. The summed E-state index contributed by atoms with van der Waals surface area (Å²) in [6.07, 6.45) is 1.60. The van der Waals surface area contributed by atoms with E-state index in [0.717, 1.165) is 17.0 Å². The van der Waals surface area contributed by atoms with Crippen molar-refractivity contribution in [1.29, 1.82) is 0 Å². The Kier molecular flexibility index (Phi) is 4.79. The Morgan fingerprint density at radius 3 is 2.65 bits per heavy atom. The summed E-state index contributed by atoms with van der Waals surface area (Å²) in [5, 5.41) is 3.38. The molecule has 0 unspecified atom stereocenters. The molecule has 104 valence electrons. The summed E-state index contributed by atoms with van der Waals surface area (Å²) < 4.78 is 5.09. The number of guanidine groups is 1. The average Bonchev–Trinajstić information content (AvgIpc) is 2.48. The molecule has 0 spiro atoms. The molecule has 6 heteroatoms. The number of halogens is 1. The monoisotopic (exact) mass is 290 g/mol. The van der Waals surface area contributed by atoms with E-state index in [-0.39, 0.29) is 0 Å². The van der Waals surface area contributed by atoms with Gasteiger partial charge in [-0.05, 0) is 29.8 Å². The smallest absolute Gasteiger partial charge is 0.193 e. The third kappa shape index (κ3) is 4.13. The Morgan fingerprint density at radius 1 is 1.30 bits per heavy atom. The average molecular weight is 291 g/mol. The van der Waals surface area contributed by atoms with Gasteiger partial charge in [-0.1, -0.05) is 23.7 Å². The van der Waals surface area contributed by atoms with Crippen molar-refractivity contribution in [2.75, 3.05) is 12.4 Å². The van der Waals surface area contributed by atoms with Crippen molar-refractivity contribution in [1.82, 2.24) is 4.98 Å². The summed E-state index contributed by atoms with van der Waals surface area (Å²) in [4.78, 5) is 8.20. The van der Waals surface area contributed by atoms with Crippen LogP contribution in [-0.4, -0.2) is 18.1 Å². The van der Waals surface area contributed by atoms with Gasteiger partial charge < -0.3 is 15.8 Å². The molecule has 0 bridgehead atoms. The summed E-state index contributed by atoms with van der Waals surface area (Å²) in [6.45, 7) is 0.490. The van der Waals surface area contributed by atoms with Crippen LogP contribution in [0.1, 0.15) is 5.56 Å². The van der Waals surface area contributed by atoms with Gasteiger partial charge in [-0.25, -0.2) is 9.98 Å². The molecule has 0 saturated carbocycles. The van der Waals surface area contributed by atoms with E-state index < -0.39 is 0 Å². The van der Waals surface area contributed by atoms with Gasteiger partial charge in [0.2, 0.25) is 0 Å². The number of nitrogens with zero attached hydrogens (tertiary/aromatic N) is 2. The van der Waals surface area contributed by atoms with Crippen LogP contribution in [0.4, 0.5) is 5.69 Å². The molecule has 2 rings (SSSR count). The van der Waals surface area contributed by atoms with Gasteiger partial charge in [0.15, 0.2) is 5.96 Å². The highest BCUT2D eigenvalue weighted by Crippen LogP contribution is 2.12. The Labute approximate surface area is 122 Å². The van der Waals surface area contributed by atoms with E-state index in [1.807, 2.05) is 24.3 Å². The topological polar surface area (TPSA) is 72.5 Å². The lowest BCUT2D eigenvalue weighted by atomic mass is 10.2. The first kappa shape index (κ1) is 14.1. The molecular weight excluding hydrogens is 276 g/mol. The fourth-order valence-corrected chi connectivity index (χ4v) is 1.66. The maximum absolute atomic E-state index is 5.80. The molecule has 1 aromatic carbocycles. The van der Waals surface area contributed by atoms with Crippen molar-refractivity contribution in [2.45, 2.75) is 6.54 Å². The quantitative estimate of drug-likeness (QED) is 0.516. The van der Waals surface area contributed by atoms with Crippen LogP contribution < -0.4 is 15.8 Å². The normalized spacial score (nSPS) is 11.2. The lowest BCUT2D eigenvalue weighted by Crippen LogP contribution is -2.22. The molecule has 2 aromatic rings. The van der Waals surface area contributed by atoms with E-state index in [1.54, 1.807) is 25.4 Å². The van der Waals surface area contributed by atoms with Gasteiger partial charge in [0.1, 0.15) is 10.9 Å². The number of hydrogen-bond donors (Lipinski definition) is 2. The highest BCUT2D eigenvalue weighted by atomic mass is 35.5. The first-order valence-corrected chi connectivity index (χ1v) is 6.36. The molecule has 1 heterocycles. The van der Waals surface area contributed by atoms with Crippen LogP contribution in [0, 0.1) is 0 Å². The second-order valence-electron chi connectivity index (χ2n) is 4.04.